The van der Waals surface area contributed by atoms with Crippen molar-refractivity contribution < 1.29 is 13.9 Å². The summed E-state index contributed by atoms with van der Waals surface area (Å²) in [7, 11) is 0. The minimum absolute atomic E-state index is 0.130. The van der Waals surface area contributed by atoms with E-state index in [1.807, 2.05) is 0 Å². The molecule has 1 N–H and O–H groups in total. The largest absolute Gasteiger partial charge is 0.450 e. The molecule has 2 rings (SSSR count). The second-order valence-corrected chi connectivity index (χ2v) is 4.05. The molecule has 2 heterocycles. The molecule has 0 aliphatic rings. The van der Waals surface area contributed by atoms with E-state index in [9.17, 15) is 14.0 Å². The molecule has 0 radical (unpaired) electrons. The Morgan fingerprint density at radius 3 is 3.00 bits per heavy atom. The van der Waals surface area contributed by atoms with Gasteiger partial charge in [0.25, 0.3) is 0 Å². The van der Waals surface area contributed by atoms with Gasteiger partial charge in [-0.05, 0) is 18.6 Å². The predicted octanol–water partition coefficient (Wildman–Crippen LogP) is 1.39. The van der Waals surface area contributed by atoms with E-state index in [1.54, 1.807) is 31.5 Å². The number of ether oxygens (including phenoxy) is 1. The number of halogens is 1. The van der Waals surface area contributed by atoms with Crippen molar-refractivity contribution in [1.82, 2.24) is 14.5 Å². The third kappa shape index (κ3) is 3.85. The van der Waals surface area contributed by atoms with E-state index in [1.165, 1.54) is 0 Å². The van der Waals surface area contributed by atoms with Gasteiger partial charge in [-0.3, -0.25) is 14.9 Å². The van der Waals surface area contributed by atoms with Crippen LogP contribution in [0.5, 0.6) is 0 Å². The van der Waals surface area contributed by atoms with Crippen molar-refractivity contribution in [3.05, 3.63) is 52.6 Å². The molecular weight excluding hydrogens is 279 g/mol. The molecule has 0 atom stereocenters. The van der Waals surface area contributed by atoms with Crippen LogP contribution in [0.3, 0.4) is 0 Å². The van der Waals surface area contributed by atoms with Gasteiger partial charge in [-0.15, -0.1) is 0 Å². The molecule has 7 nitrogen and oxygen atoms in total. The predicted molar refractivity (Wildman–Crippen MR) is 72.4 cm³/mol. The Bertz CT molecular complexity index is 688. The van der Waals surface area contributed by atoms with Crippen molar-refractivity contribution in [2.45, 2.75) is 13.5 Å². The first-order chi connectivity index (χ1) is 10.1. The Morgan fingerprint density at radius 2 is 2.33 bits per heavy atom. The zero-order valence-corrected chi connectivity index (χ0v) is 11.2. The lowest BCUT2D eigenvalue weighted by Gasteiger charge is -2.08. The summed E-state index contributed by atoms with van der Waals surface area (Å²) >= 11 is 0. The number of aromatic nitrogens is 3. The first-order valence-electron chi connectivity index (χ1n) is 6.20. The Hall–Kier alpha value is -2.77. The van der Waals surface area contributed by atoms with Crippen molar-refractivity contribution in [3.8, 4) is 0 Å². The molecular formula is C13H13FN4O3. The van der Waals surface area contributed by atoms with E-state index in [4.69, 9.17) is 0 Å². The smallest absolute Gasteiger partial charge is 0.412 e. The molecule has 0 fully saturated rings. The number of hydrogen-bond donors (Lipinski definition) is 1. The van der Waals surface area contributed by atoms with Crippen LogP contribution in [0.1, 0.15) is 12.5 Å². The van der Waals surface area contributed by atoms with Crippen LogP contribution in [0.25, 0.3) is 0 Å². The monoisotopic (exact) mass is 292 g/mol. The molecule has 0 spiro atoms. The zero-order chi connectivity index (χ0) is 15.2. The number of amides is 1. The number of pyridine rings is 1. The van der Waals surface area contributed by atoms with Gasteiger partial charge in [0.1, 0.15) is 0 Å². The fourth-order valence-electron chi connectivity index (χ4n) is 1.62. The van der Waals surface area contributed by atoms with Crippen LogP contribution in [0.15, 0.2) is 35.5 Å². The number of nitrogens with zero attached hydrogens (tertiary/aromatic N) is 3. The van der Waals surface area contributed by atoms with E-state index in [-0.39, 0.29) is 13.2 Å². The Balaban J connectivity index is 2.21. The quantitative estimate of drug-likeness (QED) is 0.920. The molecule has 2 aromatic rings. The van der Waals surface area contributed by atoms with Crippen LogP contribution in [-0.2, 0) is 11.3 Å². The molecule has 8 heteroatoms. The van der Waals surface area contributed by atoms with E-state index < -0.39 is 23.4 Å². The molecule has 0 bridgehead atoms. The molecule has 0 aromatic carbocycles. The van der Waals surface area contributed by atoms with Crippen LogP contribution in [0.2, 0.25) is 0 Å². The topological polar surface area (TPSA) is 86.1 Å². The lowest BCUT2D eigenvalue weighted by atomic mass is 10.3. The molecule has 1 amide bonds. The fraction of sp³-hybridized carbons (Fsp3) is 0.231. The highest BCUT2D eigenvalue weighted by Gasteiger charge is 2.12. The molecule has 2 aromatic heterocycles. The molecule has 110 valence electrons. The minimum atomic E-state index is -0.867. The summed E-state index contributed by atoms with van der Waals surface area (Å²) in [5.41, 5.74) is 0.0407. The van der Waals surface area contributed by atoms with Gasteiger partial charge >= 0.3 is 11.8 Å². The van der Waals surface area contributed by atoms with E-state index in [0.29, 0.717) is 0 Å². The molecule has 0 aliphatic heterocycles. The number of anilines is 1. The first kappa shape index (κ1) is 14.6. The molecule has 0 saturated heterocycles. The average molecular weight is 292 g/mol. The summed E-state index contributed by atoms with van der Waals surface area (Å²) in [5.74, 6) is -1.28. The van der Waals surface area contributed by atoms with Gasteiger partial charge in [-0.1, -0.05) is 6.07 Å². The van der Waals surface area contributed by atoms with Crippen LogP contribution in [-0.4, -0.2) is 27.2 Å². The molecule has 21 heavy (non-hydrogen) atoms. The third-order valence-corrected chi connectivity index (χ3v) is 2.52. The Labute approximate surface area is 119 Å². The maximum absolute atomic E-state index is 13.8. The summed E-state index contributed by atoms with van der Waals surface area (Å²) in [6, 6.07) is 3.46. The Kier molecular flexibility index (Phi) is 4.60. The van der Waals surface area contributed by atoms with Gasteiger partial charge in [0.15, 0.2) is 11.6 Å². The summed E-state index contributed by atoms with van der Waals surface area (Å²) in [5, 5.41) is 2.07. The number of hydrogen-bond acceptors (Lipinski definition) is 5. The number of nitrogens with one attached hydrogen (secondary N) is 1. The lowest BCUT2D eigenvalue weighted by molar-refractivity contribution is 0.167. The van der Waals surface area contributed by atoms with Crippen molar-refractivity contribution in [1.29, 1.82) is 0 Å². The molecule has 0 saturated carbocycles. The SMILES string of the molecule is CCOC(=O)Nc1nc(=O)n(Cc2cccnc2)cc1F. The van der Waals surface area contributed by atoms with Gasteiger partial charge in [0, 0.05) is 18.6 Å². The lowest BCUT2D eigenvalue weighted by Crippen LogP contribution is -2.27. The number of carbonyl (C=O) groups excluding carboxylic acids is 1. The second-order valence-electron chi connectivity index (χ2n) is 4.05. The summed E-state index contributed by atoms with van der Waals surface area (Å²) in [6.07, 6.45) is 3.27. The van der Waals surface area contributed by atoms with Crippen LogP contribution in [0.4, 0.5) is 15.0 Å². The summed E-state index contributed by atoms with van der Waals surface area (Å²) in [4.78, 5) is 30.4. The average Bonchev–Trinajstić information content (AvgIpc) is 2.45. The zero-order valence-electron chi connectivity index (χ0n) is 11.2. The van der Waals surface area contributed by atoms with E-state index in [0.717, 1.165) is 16.3 Å². The minimum Gasteiger partial charge on any atom is -0.450 e. The highest BCUT2D eigenvalue weighted by Crippen LogP contribution is 2.08. The standard InChI is InChI=1S/C13H13FN4O3/c1-2-21-13(20)17-11-10(14)8-18(12(19)16-11)7-9-4-3-5-15-6-9/h3-6,8H,2,7H2,1H3,(H,16,17,19,20). The van der Waals surface area contributed by atoms with Gasteiger partial charge in [-0.25, -0.2) is 14.0 Å². The van der Waals surface area contributed by atoms with Crippen molar-refractivity contribution in [2.24, 2.45) is 0 Å². The number of rotatable bonds is 4. The van der Waals surface area contributed by atoms with E-state index in [2.05, 4.69) is 20.0 Å². The Morgan fingerprint density at radius 1 is 1.52 bits per heavy atom. The normalized spacial score (nSPS) is 10.2. The van der Waals surface area contributed by atoms with Crippen LogP contribution in [0, 0.1) is 5.82 Å². The second kappa shape index (κ2) is 6.60. The van der Waals surface area contributed by atoms with Crippen molar-refractivity contribution >= 4 is 11.9 Å². The van der Waals surface area contributed by atoms with E-state index >= 15 is 0 Å². The summed E-state index contributed by atoms with van der Waals surface area (Å²) < 4.78 is 19.5. The van der Waals surface area contributed by atoms with Gasteiger partial charge in [-0.2, -0.15) is 4.98 Å². The highest BCUT2D eigenvalue weighted by molar-refractivity contribution is 5.83. The van der Waals surface area contributed by atoms with Gasteiger partial charge < -0.3 is 4.74 Å². The van der Waals surface area contributed by atoms with Crippen molar-refractivity contribution in [3.63, 3.8) is 0 Å². The van der Waals surface area contributed by atoms with Crippen LogP contribution >= 0.6 is 0 Å². The van der Waals surface area contributed by atoms with Crippen molar-refractivity contribution in [2.75, 3.05) is 11.9 Å². The number of carbonyl (C=O) groups is 1. The maximum Gasteiger partial charge on any atom is 0.412 e. The van der Waals surface area contributed by atoms with Gasteiger partial charge in [0.05, 0.1) is 13.2 Å². The fourth-order valence-corrected chi connectivity index (χ4v) is 1.62. The van der Waals surface area contributed by atoms with Crippen LogP contribution < -0.4 is 11.0 Å². The first-order valence-corrected chi connectivity index (χ1v) is 6.20. The maximum atomic E-state index is 13.8. The van der Waals surface area contributed by atoms with Gasteiger partial charge in [0.2, 0.25) is 0 Å². The highest BCUT2D eigenvalue weighted by atomic mass is 19.1. The third-order valence-electron chi connectivity index (χ3n) is 2.52. The molecule has 0 unspecified atom stereocenters. The molecule has 0 aliphatic carbocycles. The summed E-state index contributed by atoms with van der Waals surface area (Å²) in [6.45, 7) is 1.87.